The number of benzene rings is 1. The summed E-state index contributed by atoms with van der Waals surface area (Å²) in [6, 6.07) is 2.05. The number of carboxylic acids is 1. The minimum absolute atomic E-state index is 0.255. The molecule has 5 nitrogen and oxygen atoms in total. The van der Waals surface area contributed by atoms with E-state index in [9.17, 15) is 17.6 Å². The molecule has 0 heterocycles. The van der Waals surface area contributed by atoms with E-state index in [1.807, 2.05) is 0 Å². The van der Waals surface area contributed by atoms with E-state index in [4.69, 9.17) is 28.3 Å². The van der Waals surface area contributed by atoms with Gasteiger partial charge >= 0.3 is 5.97 Å². The first kappa shape index (κ1) is 16.9. The van der Waals surface area contributed by atoms with Gasteiger partial charge in [0.15, 0.2) is 5.82 Å². The fraction of sp³-hybridized carbons (Fsp3) is 0.182. The van der Waals surface area contributed by atoms with Crippen LogP contribution < -0.4 is 0 Å². The molecule has 0 amide bonds. The highest BCUT2D eigenvalue weighted by atomic mass is 35.5. The summed E-state index contributed by atoms with van der Waals surface area (Å²) in [6.45, 7) is 2.29. The number of carboxylic acid groups (broad SMARTS) is 1. The summed E-state index contributed by atoms with van der Waals surface area (Å²) in [5.41, 5.74) is 0. The topological polar surface area (TPSA) is 74.7 Å². The van der Waals surface area contributed by atoms with Crippen molar-refractivity contribution < 1.29 is 22.7 Å². The normalized spacial score (nSPS) is 11.6. The van der Waals surface area contributed by atoms with Crippen molar-refractivity contribution in [2.45, 2.75) is 4.90 Å². The third-order valence-electron chi connectivity index (χ3n) is 2.26. The highest BCUT2D eigenvalue weighted by Crippen LogP contribution is 2.31. The van der Waals surface area contributed by atoms with Gasteiger partial charge in [0.25, 0.3) is 0 Å². The van der Waals surface area contributed by atoms with Crippen molar-refractivity contribution in [2.24, 2.45) is 0 Å². The second-order valence-electron chi connectivity index (χ2n) is 3.65. The van der Waals surface area contributed by atoms with Crippen LogP contribution in [0.4, 0.5) is 4.39 Å². The number of carbonyl (C=O) groups is 1. The molecule has 20 heavy (non-hydrogen) atoms. The molecule has 0 saturated heterocycles. The third kappa shape index (κ3) is 3.49. The molecular formula is C11H10Cl2FNO4S. The van der Waals surface area contributed by atoms with Crippen molar-refractivity contribution in [1.29, 1.82) is 0 Å². The molecule has 1 aromatic rings. The van der Waals surface area contributed by atoms with Gasteiger partial charge in [0.2, 0.25) is 10.0 Å². The fourth-order valence-corrected chi connectivity index (χ4v) is 3.47. The van der Waals surface area contributed by atoms with Gasteiger partial charge in [-0.1, -0.05) is 29.3 Å². The largest absolute Gasteiger partial charge is 0.480 e. The van der Waals surface area contributed by atoms with E-state index < -0.39 is 38.3 Å². The van der Waals surface area contributed by atoms with Crippen molar-refractivity contribution in [3.63, 3.8) is 0 Å². The van der Waals surface area contributed by atoms with Gasteiger partial charge in [-0.25, -0.2) is 12.8 Å². The van der Waals surface area contributed by atoms with Crippen molar-refractivity contribution in [3.05, 3.63) is 40.7 Å². The van der Waals surface area contributed by atoms with Gasteiger partial charge in [0.1, 0.15) is 11.4 Å². The molecule has 9 heteroatoms. The zero-order chi connectivity index (χ0) is 15.5. The Morgan fingerprint density at radius 3 is 2.55 bits per heavy atom. The Labute approximate surface area is 125 Å². The zero-order valence-corrected chi connectivity index (χ0v) is 12.3. The van der Waals surface area contributed by atoms with E-state index in [1.54, 1.807) is 0 Å². The summed E-state index contributed by atoms with van der Waals surface area (Å²) in [5.74, 6) is -2.44. The average Bonchev–Trinajstić information content (AvgIpc) is 2.34. The van der Waals surface area contributed by atoms with E-state index >= 15 is 0 Å². The second-order valence-corrected chi connectivity index (χ2v) is 6.34. The van der Waals surface area contributed by atoms with Crippen LogP contribution in [0.1, 0.15) is 0 Å². The van der Waals surface area contributed by atoms with E-state index in [0.717, 1.165) is 12.1 Å². The van der Waals surface area contributed by atoms with E-state index in [0.29, 0.717) is 4.31 Å². The van der Waals surface area contributed by atoms with Gasteiger partial charge in [0.05, 0.1) is 10.0 Å². The van der Waals surface area contributed by atoms with Gasteiger partial charge in [-0.05, 0) is 12.1 Å². The highest BCUT2D eigenvalue weighted by Gasteiger charge is 2.29. The zero-order valence-electron chi connectivity index (χ0n) is 10.0. The Bertz CT molecular complexity index is 648. The Kier molecular flexibility index (Phi) is 5.52. The van der Waals surface area contributed by atoms with Gasteiger partial charge in [-0.15, -0.1) is 6.58 Å². The number of hydrogen-bond acceptors (Lipinski definition) is 3. The Morgan fingerprint density at radius 2 is 2.05 bits per heavy atom. The first-order chi connectivity index (χ1) is 9.21. The molecule has 1 rings (SSSR count). The van der Waals surface area contributed by atoms with Crippen LogP contribution >= 0.6 is 23.2 Å². The molecule has 0 unspecified atom stereocenters. The Morgan fingerprint density at radius 1 is 1.45 bits per heavy atom. The van der Waals surface area contributed by atoms with Crippen molar-refractivity contribution >= 4 is 39.2 Å². The summed E-state index contributed by atoms with van der Waals surface area (Å²) in [6.07, 6.45) is 1.21. The predicted molar refractivity (Wildman–Crippen MR) is 73.0 cm³/mol. The molecule has 110 valence electrons. The summed E-state index contributed by atoms with van der Waals surface area (Å²) in [7, 11) is -4.28. The highest BCUT2D eigenvalue weighted by molar-refractivity contribution is 7.89. The molecule has 0 radical (unpaired) electrons. The SMILES string of the molecule is C=CCN(CC(=O)O)S(=O)(=O)c1ccc(Cl)c(F)c1Cl. The lowest BCUT2D eigenvalue weighted by Crippen LogP contribution is -2.36. The van der Waals surface area contributed by atoms with Gasteiger partial charge in [-0.2, -0.15) is 4.31 Å². The van der Waals surface area contributed by atoms with Crippen molar-refractivity contribution in [2.75, 3.05) is 13.1 Å². The first-order valence-electron chi connectivity index (χ1n) is 5.18. The summed E-state index contributed by atoms with van der Waals surface area (Å²) < 4.78 is 38.7. The molecule has 0 aliphatic carbocycles. The van der Waals surface area contributed by atoms with Crippen LogP contribution in [0.2, 0.25) is 10.0 Å². The van der Waals surface area contributed by atoms with E-state index in [-0.39, 0.29) is 11.6 Å². The minimum atomic E-state index is -4.28. The molecule has 0 fully saturated rings. The van der Waals surface area contributed by atoms with Crippen molar-refractivity contribution in [1.82, 2.24) is 4.31 Å². The van der Waals surface area contributed by atoms with E-state index in [1.165, 1.54) is 6.08 Å². The van der Waals surface area contributed by atoms with Crippen LogP contribution in [-0.4, -0.2) is 36.9 Å². The number of sulfonamides is 1. The monoisotopic (exact) mass is 341 g/mol. The van der Waals surface area contributed by atoms with Crippen LogP contribution in [0.3, 0.4) is 0 Å². The quantitative estimate of drug-likeness (QED) is 0.636. The van der Waals surface area contributed by atoms with Crippen LogP contribution in [0.25, 0.3) is 0 Å². The lowest BCUT2D eigenvalue weighted by Gasteiger charge is -2.19. The number of halogens is 3. The van der Waals surface area contributed by atoms with Gasteiger partial charge < -0.3 is 5.11 Å². The molecule has 1 aromatic carbocycles. The molecule has 0 saturated carbocycles. The number of hydrogen-bond donors (Lipinski definition) is 1. The average molecular weight is 342 g/mol. The second kappa shape index (κ2) is 6.53. The third-order valence-corrected chi connectivity index (χ3v) is 4.89. The standard InChI is InChI=1S/C11H10Cl2FNO4S/c1-2-5-15(6-9(16)17)20(18,19)8-4-3-7(12)11(14)10(8)13/h2-4H,1,5-6H2,(H,16,17). The molecular weight excluding hydrogens is 332 g/mol. The van der Waals surface area contributed by atoms with E-state index in [2.05, 4.69) is 6.58 Å². The maximum Gasteiger partial charge on any atom is 0.318 e. The lowest BCUT2D eigenvalue weighted by atomic mass is 10.3. The van der Waals surface area contributed by atoms with Crippen LogP contribution in [0.15, 0.2) is 29.7 Å². The molecule has 0 atom stereocenters. The fourth-order valence-electron chi connectivity index (χ4n) is 1.39. The molecule has 0 bridgehead atoms. The Balaban J connectivity index is 3.36. The molecule has 1 N–H and O–H groups in total. The number of aliphatic carboxylic acids is 1. The summed E-state index contributed by atoms with van der Waals surface area (Å²) in [4.78, 5) is 10.1. The Hall–Kier alpha value is -1.15. The molecule has 0 aromatic heterocycles. The number of nitrogens with zero attached hydrogens (tertiary/aromatic N) is 1. The van der Waals surface area contributed by atoms with Crippen LogP contribution in [-0.2, 0) is 14.8 Å². The number of rotatable bonds is 6. The first-order valence-corrected chi connectivity index (χ1v) is 7.37. The smallest absolute Gasteiger partial charge is 0.318 e. The molecule has 0 spiro atoms. The minimum Gasteiger partial charge on any atom is -0.480 e. The van der Waals surface area contributed by atoms with Gasteiger partial charge in [0, 0.05) is 6.54 Å². The predicted octanol–water partition coefficient (Wildman–Crippen LogP) is 2.39. The molecule has 0 aliphatic heterocycles. The van der Waals surface area contributed by atoms with Crippen LogP contribution in [0, 0.1) is 5.82 Å². The maximum absolute atomic E-state index is 13.6. The summed E-state index contributed by atoms with van der Waals surface area (Å²) in [5, 5.41) is 7.71. The maximum atomic E-state index is 13.6. The van der Waals surface area contributed by atoms with Crippen LogP contribution in [0.5, 0.6) is 0 Å². The van der Waals surface area contributed by atoms with Crippen molar-refractivity contribution in [3.8, 4) is 0 Å². The summed E-state index contributed by atoms with van der Waals surface area (Å²) >= 11 is 11.1. The molecule has 0 aliphatic rings. The lowest BCUT2D eigenvalue weighted by molar-refractivity contribution is -0.137. The van der Waals surface area contributed by atoms with Gasteiger partial charge in [-0.3, -0.25) is 4.79 Å².